The van der Waals surface area contributed by atoms with Crippen molar-refractivity contribution in [3.8, 4) is 29.1 Å². The van der Waals surface area contributed by atoms with Gasteiger partial charge in [-0.3, -0.25) is 4.79 Å². The van der Waals surface area contributed by atoms with Gasteiger partial charge < -0.3 is 19.5 Å². The van der Waals surface area contributed by atoms with E-state index in [9.17, 15) is 4.79 Å². The zero-order valence-electron chi connectivity index (χ0n) is 13.7. The number of hydrogen-bond donors (Lipinski definition) is 1. The molecule has 0 atom stereocenters. The molecule has 24 heavy (non-hydrogen) atoms. The summed E-state index contributed by atoms with van der Waals surface area (Å²) in [6.45, 7) is 0.184. The monoisotopic (exact) mass is 325 g/mol. The maximum atomic E-state index is 11.7. The van der Waals surface area contributed by atoms with Crippen molar-refractivity contribution in [1.29, 1.82) is 0 Å². The van der Waals surface area contributed by atoms with Gasteiger partial charge in [0.05, 0.1) is 20.8 Å². The fourth-order valence-electron chi connectivity index (χ4n) is 1.85. The molecule has 0 saturated heterocycles. The highest BCUT2D eigenvalue weighted by molar-refractivity contribution is 5.77. The molecule has 5 heteroatoms. The Kier molecular flexibility index (Phi) is 6.54. The molecular formula is C19H19NO4. The Morgan fingerprint density at radius 3 is 2.42 bits per heavy atom. The van der Waals surface area contributed by atoms with Crippen LogP contribution in [0.1, 0.15) is 5.56 Å². The van der Waals surface area contributed by atoms with Crippen molar-refractivity contribution in [3.63, 3.8) is 0 Å². The van der Waals surface area contributed by atoms with Crippen LogP contribution < -0.4 is 19.5 Å². The van der Waals surface area contributed by atoms with Gasteiger partial charge in [0.25, 0.3) is 5.91 Å². The van der Waals surface area contributed by atoms with E-state index < -0.39 is 0 Å². The standard InChI is InChI=1S/C19H19NO4/c1-22-16-10-8-15(9-11-16)5-4-12-20-19(21)14-24-18-7-3-6-17(13-18)23-2/h3,6-11,13H,12,14H2,1-2H3,(H,20,21). The summed E-state index contributed by atoms with van der Waals surface area (Å²) in [4.78, 5) is 11.7. The highest BCUT2D eigenvalue weighted by atomic mass is 16.5. The third-order valence-electron chi connectivity index (χ3n) is 3.11. The second-order valence-corrected chi connectivity index (χ2v) is 4.77. The number of amides is 1. The van der Waals surface area contributed by atoms with Crippen LogP contribution in [-0.4, -0.2) is 33.3 Å². The predicted octanol–water partition coefficient (Wildman–Crippen LogP) is 2.25. The first-order valence-corrected chi connectivity index (χ1v) is 7.38. The lowest BCUT2D eigenvalue weighted by molar-refractivity contribution is -0.122. The summed E-state index contributed by atoms with van der Waals surface area (Å²) in [5.41, 5.74) is 0.859. The van der Waals surface area contributed by atoms with Gasteiger partial charge in [0.1, 0.15) is 17.2 Å². The van der Waals surface area contributed by atoms with E-state index in [1.54, 1.807) is 32.4 Å². The summed E-state index contributed by atoms with van der Waals surface area (Å²) in [7, 11) is 3.19. The molecule has 2 rings (SSSR count). The van der Waals surface area contributed by atoms with Crippen LogP contribution >= 0.6 is 0 Å². The average molecular weight is 325 g/mol. The Hall–Kier alpha value is -3.13. The number of methoxy groups -OCH3 is 2. The minimum absolute atomic E-state index is 0.0720. The molecule has 0 radical (unpaired) electrons. The number of nitrogens with one attached hydrogen (secondary N) is 1. The molecule has 0 fully saturated rings. The molecule has 0 saturated carbocycles. The molecule has 0 spiro atoms. The number of carbonyl (C=O) groups excluding carboxylic acids is 1. The highest BCUT2D eigenvalue weighted by Gasteiger charge is 2.02. The second-order valence-electron chi connectivity index (χ2n) is 4.77. The molecule has 0 bridgehead atoms. The molecule has 1 N–H and O–H groups in total. The third-order valence-corrected chi connectivity index (χ3v) is 3.11. The van der Waals surface area contributed by atoms with E-state index in [-0.39, 0.29) is 19.1 Å². The van der Waals surface area contributed by atoms with Crippen molar-refractivity contribution in [1.82, 2.24) is 5.32 Å². The van der Waals surface area contributed by atoms with Crippen molar-refractivity contribution < 1.29 is 19.0 Å². The Labute approximate surface area is 141 Å². The molecule has 1 amide bonds. The SMILES string of the molecule is COc1ccc(C#CCNC(=O)COc2cccc(OC)c2)cc1. The van der Waals surface area contributed by atoms with Crippen molar-refractivity contribution in [2.24, 2.45) is 0 Å². The van der Waals surface area contributed by atoms with Gasteiger partial charge in [-0.25, -0.2) is 0 Å². The third kappa shape index (κ3) is 5.58. The molecule has 0 aliphatic rings. The maximum absolute atomic E-state index is 11.7. The summed E-state index contributed by atoms with van der Waals surface area (Å²) in [6.07, 6.45) is 0. The highest BCUT2D eigenvalue weighted by Crippen LogP contribution is 2.18. The van der Waals surface area contributed by atoms with Crippen LogP contribution in [0.5, 0.6) is 17.2 Å². The number of hydrogen-bond acceptors (Lipinski definition) is 4. The van der Waals surface area contributed by atoms with Crippen LogP contribution in [0.25, 0.3) is 0 Å². The molecule has 0 aliphatic heterocycles. The molecule has 0 aliphatic carbocycles. The molecule has 0 aromatic heterocycles. The zero-order chi connectivity index (χ0) is 17.2. The minimum Gasteiger partial charge on any atom is -0.497 e. The van der Waals surface area contributed by atoms with Crippen LogP contribution in [0.15, 0.2) is 48.5 Å². The molecule has 2 aromatic carbocycles. The van der Waals surface area contributed by atoms with E-state index in [1.165, 1.54) is 0 Å². The molecule has 2 aromatic rings. The van der Waals surface area contributed by atoms with E-state index in [1.807, 2.05) is 30.3 Å². The topological polar surface area (TPSA) is 56.8 Å². The van der Waals surface area contributed by atoms with Crippen LogP contribution in [0.4, 0.5) is 0 Å². The van der Waals surface area contributed by atoms with Crippen molar-refractivity contribution in [2.45, 2.75) is 0 Å². The summed E-state index contributed by atoms with van der Waals surface area (Å²) < 4.78 is 15.6. The van der Waals surface area contributed by atoms with Crippen LogP contribution in [0.2, 0.25) is 0 Å². The van der Waals surface area contributed by atoms with Gasteiger partial charge in [0.15, 0.2) is 6.61 Å². The van der Waals surface area contributed by atoms with Gasteiger partial charge in [0.2, 0.25) is 0 Å². The Morgan fingerprint density at radius 1 is 1.00 bits per heavy atom. The van der Waals surface area contributed by atoms with Gasteiger partial charge in [-0.15, -0.1) is 0 Å². The van der Waals surface area contributed by atoms with Gasteiger partial charge >= 0.3 is 0 Å². The summed E-state index contributed by atoms with van der Waals surface area (Å²) in [5, 5.41) is 2.68. The molecule has 5 nitrogen and oxygen atoms in total. The maximum Gasteiger partial charge on any atom is 0.258 e. The largest absolute Gasteiger partial charge is 0.497 e. The molecule has 124 valence electrons. The fraction of sp³-hybridized carbons (Fsp3) is 0.211. The second kappa shape index (κ2) is 9.11. The molecular weight excluding hydrogens is 306 g/mol. The quantitative estimate of drug-likeness (QED) is 0.828. The van der Waals surface area contributed by atoms with E-state index in [0.29, 0.717) is 11.5 Å². The lowest BCUT2D eigenvalue weighted by Crippen LogP contribution is -2.29. The van der Waals surface area contributed by atoms with E-state index >= 15 is 0 Å². The average Bonchev–Trinajstić information content (AvgIpc) is 2.64. The van der Waals surface area contributed by atoms with E-state index in [0.717, 1.165) is 11.3 Å². The first-order valence-electron chi connectivity index (χ1n) is 7.38. The van der Waals surface area contributed by atoms with Crippen LogP contribution in [-0.2, 0) is 4.79 Å². The van der Waals surface area contributed by atoms with Crippen LogP contribution in [0.3, 0.4) is 0 Å². The normalized spacial score (nSPS) is 9.42. The van der Waals surface area contributed by atoms with Crippen molar-refractivity contribution in [2.75, 3.05) is 27.4 Å². The number of benzene rings is 2. The summed E-state index contributed by atoms with van der Waals surface area (Å²) in [6, 6.07) is 14.5. The Bertz CT molecular complexity index is 729. The van der Waals surface area contributed by atoms with Gasteiger partial charge in [0, 0.05) is 11.6 Å². The number of rotatable bonds is 6. The lowest BCUT2D eigenvalue weighted by Gasteiger charge is -2.07. The van der Waals surface area contributed by atoms with Gasteiger partial charge in [-0.05, 0) is 36.4 Å². The molecule has 0 unspecified atom stereocenters. The Morgan fingerprint density at radius 2 is 1.71 bits per heavy atom. The predicted molar refractivity (Wildman–Crippen MR) is 91.4 cm³/mol. The summed E-state index contributed by atoms with van der Waals surface area (Å²) in [5.74, 6) is 7.65. The Balaban J connectivity index is 1.74. The first-order chi connectivity index (χ1) is 11.7. The smallest absolute Gasteiger partial charge is 0.258 e. The molecule has 0 heterocycles. The van der Waals surface area contributed by atoms with Gasteiger partial charge in [-0.1, -0.05) is 17.9 Å². The number of carbonyl (C=O) groups is 1. The fourth-order valence-corrected chi connectivity index (χ4v) is 1.85. The summed E-state index contributed by atoms with van der Waals surface area (Å²) >= 11 is 0. The van der Waals surface area contributed by atoms with E-state index in [2.05, 4.69) is 17.2 Å². The first kappa shape index (κ1) is 17.2. The van der Waals surface area contributed by atoms with Crippen molar-refractivity contribution in [3.05, 3.63) is 54.1 Å². The number of ether oxygens (including phenoxy) is 3. The van der Waals surface area contributed by atoms with Crippen molar-refractivity contribution >= 4 is 5.91 Å². The minimum atomic E-state index is -0.234. The van der Waals surface area contributed by atoms with Gasteiger partial charge in [-0.2, -0.15) is 0 Å². The van der Waals surface area contributed by atoms with Crippen LogP contribution in [0, 0.1) is 11.8 Å². The zero-order valence-corrected chi connectivity index (χ0v) is 13.7. The van der Waals surface area contributed by atoms with E-state index in [4.69, 9.17) is 14.2 Å². The lowest BCUT2D eigenvalue weighted by atomic mass is 10.2.